The molecule has 3 aromatic rings. The first kappa shape index (κ1) is 21.0. The molecule has 0 saturated heterocycles. The molecule has 3 rings (SSSR count). The van der Waals surface area contributed by atoms with Gasteiger partial charge in [0.15, 0.2) is 0 Å². The van der Waals surface area contributed by atoms with Gasteiger partial charge in [0.1, 0.15) is 24.0 Å². The topological polar surface area (TPSA) is 67.4 Å². The number of hydrogen-bond acceptors (Lipinski definition) is 3. The number of hydrogen-bond donors (Lipinski definition) is 2. The Bertz CT molecular complexity index is 1020. The monoisotopic (exact) mass is 410 g/mol. The van der Waals surface area contributed by atoms with Gasteiger partial charge in [0.25, 0.3) is 11.8 Å². The SMILES string of the molecule is O=C(NCCNC(=O)c1ccccc1F)c1cccc(OCc2ccc(F)cc2)c1. The zero-order valence-corrected chi connectivity index (χ0v) is 16.0. The Kier molecular flexibility index (Phi) is 7.10. The lowest BCUT2D eigenvalue weighted by Crippen LogP contribution is -2.35. The second kappa shape index (κ2) is 10.2. The van der Waals surface area contributed by atoms with Crippen molar-refractivity contribution in [3.05, 3.63) is 101 Å². The number of carbonyl (C=O) groups excluding carboxylic acids is 2. The van der Waals surface area contributed by atoms with E-state index in [1.54, 1.807) is 42.5 Å². The quantitative estimate of drug-likeness (QED) is 0.557. The van der Waals surface area contributed by atoms with Gasteiger partial charge in [0, 0.05) is 18.7 Å². The van der Waals surface area contributed by atoms with E-state index in [0.29, 0.717) is 11.3 Å². The zero-order valence-electron chi connectivity index (χ0n) is 16.0. The van der Waals surface area contributed by atoms with Gasteiger partial charge in [-0.2, -0.15) is 0 Å². The number of rotatable bonds is 8. The van der Waals surface area contributed by atoms with Crippen LogP contribution in [0.5, 0.6) is 5.75 Å². The van der Waals surface area contributed by atoms with Crippen molar-refractivity contribution >= 4 is 11.8 Å². The molecule has 0 aliphatic carbocycles. The Morgan fingerprint density at radius 3 is 2.23 bits per heavy atom. The minimum Gasteiger partial charge on any atom is -0.489 e. The van der Waals surface area contributed by atoms with Crippen LogP contribution in [0.2, 0.25) is 0 Å². The van der Waals surface area contributed by atoms with Crippen molar-refractivity contribution in [1.82, 2.24) is 10.6 Å². The largest absolute Gasteiger partial charge is 0.489 e. The first-order chi connectivity index (χ1) is 14.5. The van der Waals surface area contributed by atoms with Crippen LogP contribution in [0, 0.1) is 11.6 Å². The Morgan fingerprint density at radius 2 is 1.50 bits per heavy atom. The maximum atomic E-state index is 13.6. The average molecular weight is 410 g/mol. The Labute approximate surface area is 172 Å². The van der Waals surface area contributed by atoms with Gasteiger partial charge in [-0.15, -0.1) is 0 Å². The van der Waals surface area contributed by atoms with Crippen LogP contribution in [-0.4, -0.2) is 24.9 Å². The lowest BCUT2D eigenvalue weighted by Gasteiger charge is -2.10. The summed E-state index contributed by atoms with van der Waals surface area (Å²) >= 11 is 0. The fraction of sp³-hybridized carbons (Fsp3) is 0.130. The molecule has 7 heteroatoms. The third kappa shape index (κ3) is 5.88. The molecule has 2 N–H and O–H groups in total. The molecule has 30 heavy (non-hydrogen) atoms. The van der Waals surface area contributed by atoms with Crippen molar-refractivity contribution in [2.24, 2.45) is 0 Å². The highest BCUT2D eigenvalue weighted by Gasteiger charge is 2.11. The van der Waals surface area contributed by atoms with E-state index < -0.39 is 11.7 Å². The molecule has 0 spiro atoms. The van der Waals surface area contributed by atoms with Crippen LogP contribution in [0.4, 0.5) is 8.78 Å². The molecule has 0 aromatic heterocycles. The Hall–Kier alpha value is -3.74. The lowest BCUT2D eigenvalue weighted by atomic mass is 10.2. The van der Waals surface area contributed by atoms with Crippen molar-refractivity contribution in [1.29, 1.82) is 0 Å². The van der Waals surface area contributed by atoms with Crippen LogP contribution in [0.25, 0.3) is 0 Å². The number of carbonyl (C=O) groups is 2. The maximum Gasteiger partial charge on any atom is 0.254 e. The molecule has 2 amide bonds. The van der Waals surface area contributed by atoms with Gasteiger partial charge in [0.2, 0.25) is 0 Å². The Balaban J connectivity index is 1.46. The zero-order chi connectivity index (χ0) is 21.3. The molecule has 5 nitrogen and oxygen atoms in total. The summed E-state index contributed by atoms with van der Waals surface area (Å²) in [5.74, 6) is -1.29. The number of amides is 2. The molecule has 3 aromatic carbocycles. The predicted molar refractivity (Wildman–Crippen MR) is 108 cm³/mol. The smallest absolute Gasteiger partial charge is 0.254 e. The van der Waals surface area contributed by atoms with Crippen LogP contribution in [0.3, 0.4) is 0 Å². The molecule has 0 saturated carbocycles. The highest BCUT2D eigenvalue weighted by Crippen LogP contribution is 2.15. The molecular formula is C23H20F2N2O3. The number of benzene rings is 3. The van der Waals surface area contributed by atoms with E-state index in [9.17, 15) is 18.4 Å². The second-order valence-electron chi connectivity index (χ2n) is 6.43. The van der Waals surface area contributed by atoms with Gasteiger partial charge in [-0.05, 0) is 48.0 Å². The summed E-state index contributed by atoms with van der Waals surface area (Å²) in [6, 6.07) is 18.3. The van der Waals surface area contributed by atoms with Crippen LogP contribution in [0.15, 0.2) is 72.8 Å². The molecule has 0 radical (unpaired) electrons. The molecular weight excluding hydrogens is 390 g/mol. The number of nitrogens with one attached hydrogen (secondary N) is 2. The second-order valence-corrected chi connectivity index (χ2v) is 6.43. The summed E-state index contributed by atoms with van der Waals surface area (Å²) in [6.07, 6.45) is 0. The highest BCUT2D eigenvalue weighted by molar-refractivity contribution is 5.95. The van der Waals surface area contributed by atoms with Gasteiger partial charge in [-0.1, -0.05) is 30.3 Å². The minimum atomic E-state index is -0.600. The standard InChI is InChI=1S/C23H20F2N2O3/c24-18-10-8-16(9-11-18)15-30-19-5-3-4-17(14-19)22(28)26-12-13-27-23(29)20-6-1-2-7-21(20)25/h1-11,14H,12-13,15H2,(H,26,28)(H,27,29). The average Bonchev–Trinajstić information content (AvgIpc) is 2.76. The van der Waals surface area contributed by atoms with Crippen molar-refractivity contribution in [2.75, 3.05) is 13.1 Å². The molecule has 0 heterocycles. The molecule has 0 unspecified atom stereocenters. The van der Waals surface area contributed by atoms with E-state index >= 15 is 0 Å². The van der Waals surface area contributed by atoms with Crippen LogP contribution in [0.1, 0.15) is 26.3 Å². The summed E-state index contributed by atoms with van der Waals surface area (Å²) < 4.78 is 32.2. The molecule has 0 bridgehead atoms. The van der Waals surface area contributed by atoms with Crippen molar-refractivity contribution in [3.8, 4) is 5.75 Å². The van der Waals surface area contributed by atoms with Crippen LogP contribution < -0.4 is 15.4 Å². The minimum absolute atomic E-state index is 0.0465. The molecule has 0 aliphatic heterocycles. The third-order valence-corrected chi connectivity index (χ3v) is 4.23. The van der Waals surface area contributed by atoms with E-state index in [2.05, 4.69) is 10.6 Å². The number of ether oxygens (including phenoxy) is 1. The Morgan fingerprint density at radius 1 is 0.800 bits per heavy atom. The summed E-state index contributed by atoms with van der Waals surface area (Å²) in [6.45, 7) is 0.576. The summed E-state index contributed by atoms with van der Waals surface area (Å²) in [5, 5.41) is 5.24. The van der Waals surface area contributed by atoms with E-state index in [4.69, 9.17) is 4.74 Å². The van der Waals surface area contributed by atoms with Gasteiger partial charge < -0.3 is 15.4 Å². The highest BCUT2D eigenvalue weighted by atomic mass is 19.1. The molecule has 0 fully saturated rings. The van der Waals surface area contributed by atoms with Crippen molar-refractivity contribution in [2.45, 2.75) is 6.61 Å². The van der Waals surface area contributed by atoms with Gasteiger partial charge in [0.05, 0.1) is 5.56 Å². The van der Waals surface area contributed by atoms with Crippen LogP contribution in [-0.2, 0) is 6.61 Å². The maximum absolute atomic E-state index is 13.6. The van der Waals surface area contributed by atoms with E-state index in [1.165, 1.54) is 30.3 Å². The molecule has 0 aliphatic rings. The van der Waals surface area contributed by atoms with Gasteiger partial charge in [-0.3, -0.25) is 9.59 Å². The first-order valence-electron chi connectivity index (χ1n) is 9.31. The van der Waals surface area contributed by atoms with Crippen molar-refractivity contribution in [3.63, 3.8) is 0 Å². The summed E-state index contributed by atoms with van der Waals surface area (Å²) in [5.41, 5.74) is 1.15. The van der Waals surface area contributed by atoms with Crippen LogP contribution >= 0.6 is 0 Å². The molecule has 0 atom stereocenters. The lowest BCUT2D eigenvalue weighted by molar-refractivity contribution is 0.0925. The first-order valence-corrected chi connectivity index (χ1v) is 9.31. The third-order valence-electron chi connectivity index (χ3n) is 4.23. The molecule has 154 valence electrons. The van der Waals surface area contributed by atoms with Gasteiger partial charge >= 0.3 is 0 Å². The van der Waals surface area contributed by atoms with Crippen molar-refractivity contribution < 1.29 is 23.1 Å². The number of halogens is 2. The predicted octanol–water partition coefficient (Wildman–Crippen LogP) is 3.70. The van der Waals surface area contributed by atoms with E-state index in [-0.39, 0.29) is 37.0 Å². The summed E-state index contributed by atoms with van der Waals surface area (Å²) in [7, 11) is 0. The van der Waals surface area contributed by atoms with E-state index in [1.807, 2.05) is 0 Å². The fourth-order valence-electron chi connectivity index (χ4n) is 2.67. The van der Waals surface area contributed by atoms with E-state index in [0.717, 1.165) is 5.56 Å². The summed E-state index contributed by atoms with van der Waals surface area (Å²) in [4.78, 5) is 24.2. The fourth-order valence-corrected chi connectivity index (χ4v) is 2.67. The van der Waals surface area contributed by atoms with Gasteiger partial charge in [-0.25, -0.2) is 8.78 Å². The normalized spacial score (nSPS) is 10.3.